The van der Waals surface area contributed by atoms with Crippen molar-refractivity contribution < 1.29 is 26.7 Å². The lowest BCUT2D eigenvalue weighted by molar-refractivity contribution is -0.274. The van der Waals surface area contributed by atoms with Crippen molar-refractivity contribution >= 4 is 11.5 Å². The second kappa shape index (κ2) is 3.99. The molecule has 0 aliphatic carbocycles. The molecule has 0 amide bonds. The van der Waals surface area contributed by atoms with Gasteiger partial charge < -0.3 is 16.2 Å². The van der Waals surface area contributed by atoms with Gasteiger partial charge in [-0.05, 0) is 0 Å². The van der Waals surface area contributed by atoms with E-state index >= 15 is 0 Å². The standard InChI is InChI=1S/C7H6F5N3O/c8-5(9)3-4(13)2(1-15-6(3)14)16-7(10,11)12/h1,5H,(H4,13,14,15). The second-order valence-corrected chi connectivity index (χ2v) is 2.68. The highest BCUT2D eigenvalue weighted by atomic mass is 19.4. The van der Waals surface area contributed by atoms with Crippen LogP contribution in [-0.4, -0.2) is 11.3 Å². The van der Waals surface area contributed by atoms with Crippen LogP contribution in [0.3, 0.4) is 0 Å². The van der Waals surface area contributed by atoms with E-state index in [0.717, 1.165) is 0 Å². The van der Waals surface area contributed by atoms with E-state index in [0.29, 0.717) is 6.20 Å². The summed E-state index contributed by atoms with van der Waals surface area (Å²) in [4.78, 5) is 3.14. The highest BCUT2D eigenvalue weighted by molar-refractivity contribution is 5.65. The molecule has 0 saturated heterocycles. The van der Waals surface area contributed by atoms with Crippen molar-refractivity contribution in [2.45, 2.75) is 12.8 Å². The number of nitrogens with two attached hydrogens (primary N) is 2. The Balaban J connectivity index is 3.19. The van der Waals surface area contributed by atoms with Gasteiger partial charge in [-0.3, -0.25) is 0 Å². The second-order valence-electron chi connectivity index (χ2n) is 2.68. The number of halogens is 5. The zero-order valence-corrected chi connectivity index (χ0v) is 7.55. The number of aromatic nitrogens is 1. The van der Waals surface area contributed by atoms with Crippen LogP contribution in [-0.2, 0) is 0 Å². The number of nitrogen functional groups attached to an aromatic ring is 2. The Bertz CT molecular complexity index is 392. The molecular weight excluding hydrogens is 237 g/mol. The summed E-state index contributed by atoms with van der Waals surface area (Å²) in [5.41, 5.74) is 8.27. The molecular formula is C7H6F5N3O. The van der Waals surface area contributed by atoms with E-state index in [-0.39, 0.29) is 0 Å². The lowest BCUT2D eigenvalue weighted by Crippen LogP contribution is -2.19. The van der Waals surface area contributed by atoms with Crippen LogP contribution >= 0.6 is 0 Å². The number of pyridine rings is 1. The van der Waals surface area contributed by atoms with E-state index in [1.807, 2.05) is 0 Å². The average Bonchev–Trinajstić information content (AvgIpc) is 2.07. The van der Waals surface area contributed by atoms with Crippen LogP contribution in [0.15, 0.2) is 6.20 Å². The van der Waals surface area contributed by atoms with Gasteiger partial charge in [-0.15, -0.1) is 13.2 Å². The molecule has 4 nitrogen and oxygen atoms in total. The Morgan fingerprint density at radius 3 is 2.25 bits per heavy atom. The minimum absolute atomic E-state index is 0.532. The highest BCUT2D eigenvalue weighted by Gasteiger charge is 2.33. The summed E-state index contributed by atoms with van der Waals surface area (Å²) in [5, 5.41) is 0. The minimum Gasteiger partial charge on any atom is -0.402 e. The smallest absolute Gasteiger partial charge is 0.402 e. The summed E-state index contributed by atoms with van der Waals surface area (Å²) in [7, 11) is 0. The normalized spacial score (nSPS) is 11.9. The molecule has 16 heavy (non-hydrogen) atoms. The van der Waals surface area contributed by atoms with Crippen molar-refractivity contribution in [1.29, 1.82) is 0 Å². The van der Waals surface area contributed by atoms with Gasteiger partial charge in [0.05, 0.1) is 17.4 Å². The molecule has 0 spiro atoms. The first-order valence-electron chi connectivity index (χ1n) is 3.80. The van der Waals surface area contributed by atoms with Crippen LogP contribution in [0.4, 0.5) is 33.5 Å². The molecule has 1 aromatic heterocycles. The summed E-state index contributed by atoms with van der Waals surface area (Å²) in [6, 6.07) is 0. The van der Waals surface area contributed by atoms with Crippen molar-refractivity contribution in [2.24, 2.45) is 0 Å². The number of ether oxygens (including phenoxy) is 1. The van der Waals surface area contributed by atoms with E-state index in [1.54, 1.807) is 0 Å². The monoisotopic (exact) mass is 243 g/mol. The first kappa shape index (κ1) is 12.3. The van der Waals surface area contributed by atoms with E-state index in [1.165, 1.54) is 0 Å². The van der Waals surface area contributed by atoms with Gasteiger partial charge in [0.1, 0.15) is 5.82 Å². The molecule has 0 aliphatic rings. The van der Waals surface area contributed by atoms with Crippen LogP contribution in [0.5, 0.6) is 5.75 Å². The average molecular weight is 243 g/mol. The summed E-state index contributed by atoms with van der Waals surface area (Å²) >= 11 is 0. The molecule has 0 saturated carbocycles. The van der Waals surface area contributed by atoms with Crippen LogP contribution in [0.2, 0.25) is 0 Å². The van der Waals surface area contributed by atoms with Gasteiger partial charge in [0, 0.05) is 0 Å². The molecule has 1 rings (SSSR count). The zero-order chi connectivity index (χ0) is 12.5. The molecule has 9 heteroatoms. The molecule has 1 heterocycles. The van der Waals surface area contributed by atoms with Gasteiger partial charge in [-0.1, -0.05) is 0 Å². The van der Waals surface area contributed by atoms with E-state index in [9.17, 15) is 22.0 Å². The van der Waals surface area contributed by atoms with Gasteiger partial charge >= 0.3 is 6.36 Å². The Kier molecular flexibility index (Phi) is 3.06. The third kappa shape index (κ3) is 2.61. The predicted molar refractivity (Wildman–Crippen MR) is 44.7 cm³/mol. The van der Waals surface area contributed by atoms with Crippen molar-refractivity contribution in [2.75, 3.05) is 11.5 Å². The maximum Gasteiger partial charge on any atom is 0.573 e. The van der Waals surface area contributed by atoms with Gasteiger partial charge in [0.15, 0.2) is 5.75 Å². The third-order valence-electron chi connectivity index (χ3n) is 1.60. The molecule has 90 valence electrons. The lowest BCUT2D eigenvalue weighted by Gasteiger charge is -2.14. The number of hydrogen-bond acceptors (Lipinski definition) is 4. The number of rotatable bonds is 2. The molecule has 0 radical (unpaired) electrons. The Morgan fingerprint density at radius 1 is 1.25 bits per heavy atom. The maximum atomic E-state index is 12.4. The Morgan fingerprint density at radius 2 is 1.81 bits per heavy atom. The number of alkyl halides is 5. The molecule has 4 N–H and O–H groups in total. The summed E-state index contributed by atoms with van der Waals surface area (Å²) < 4.78 is 63.6. The molecule has 0 aliphatic heterocycles. The van der Waals surface area contributed by atoms with Gasteiger partial charge in [0.25, 0.3) is 6.43 Å². The lowest BCUT2D eigenvalue weighted by atomic mass is 10.2. The molecule has 1 aromatic rings. The fourth-order valence-electron chi connectivity index (χ4n) is 0.973. The highest BCUT2D eigenvalue weighted by Crippen LogP contribution is 2.37. The first-order valence-corrected chi connectivity index (χ1v) is 3.80. The van der Waals surface area contributed by atoms with E-state index in [2.05, 4.69) is 9.72 Å². The number of hydrogen-bond donors (Lipinski definition) is 2. The quantitative estimate of drug-likeness (QED) is 0.780. The minimum atomic E-state index is -5.04. The first-order chi connectivity index (χ1) is 7.22. The zero-order valence-electron chi connectivity index (χ0n) is 7.55. The molecule has 0 atom stereocenters. The predicted octanol–water partition coefficient (Wildman–Crippen LogP) is 2.08. The topological polar surface area (TPSA) is 74.2 Å². The fourth-order valence-corrected chi connectivity index (χ4v) is 0.973. The van der Waals surface area contributed by atoms with Crippen molar-refractivity contribution in [3.63, 3.8) is 0 Å². The maximum absolute atomic E-state index is 12.4. The van der Waals surface area contributed by atoms with E-state index in [4.69, 9.17) is 11.5 Å². The van der Waals surface area contributed by atoms with Crippen LogP contribution < -0.4 is 16.2 Å². The van der Waals surface area contributed by atoms with Crippen molar-refractivity contribution in [3.8, 4) is 5.75 Å². The largest absolute Gasteiger partial charge is 0.573 e. The van der Waals surface area contributed by atoms with Crippen molar-refractivity contribution in [1.82, 2.24) is 4.98 Å². The summed E-state index contributed by atoms with van der Waals surface area (Å²) in [6.45, 7) is 0. The van der Waals surface area contributed by atoms with Crippen LogP contribution in [0, 0.1) is 0 Å². The molecule has 0 unspecified atom stereocenters. The fraction of sp³-hybridized carbons (Fsp3) is 0.286. The number of anilines is 2. The van der Waals surface area contributed by atoms with Gasteiger partial charge in [-0.2, -0.15) is 0 Å². The van der Waals surface area contributed by atoms with Crippen molar-refractivity contribution in [3.05, 3.63) is 11.8 Å². The SMILES string of the molecule is Nc1ncc(OC(F)(F)F)c(N)c1C(F)F. The molecule has 0 aromatic carbocycles. The Hall–Kier alpha value is -1.80. The number of nitrogens with zero attached hydrogens (tertiary/aromatic N) is 1. The van der Waals surface area contributed by atoms with Gasteiger partial charge in [0.2, 0.25) is 0 Å². The van der Waals surface area contributed by atoms with Crippen LogP contribution in [0.25, 0.3) is 0 Å². The molecule has 0 bridgehead atoms. The molecule has 0 fully saturated rings. The third-order valence-corrected chi connectivity index (χ3v) is 1.60. The van der Waals surface area contributed by atoms with E-state index < -0.39 is 35.6 Å². The van der Waals surface area contributed by atoms with Crippen LogP contribution in [0.1, 0.15) is 12.0 Å². The Labute approximate surface area is 86.0 Å². The summed E-state index contributed by atoms with van der Waals surface area (Å²) in [6.07, 6.45) is -7.64. The summed E-state index contributed by atoms with van der Waals surface area (Å²) in [5.74, 6) is -1.64. The van der Waals surface area contributed by atoms with Gasteiger partial charge in [-0.25, -0.2) is 13.8 Å².